The fourth-order valence-electron chi connectivity index (χ4n) is 2.92. The molecule has 0 bridgehead atoms. The summed E-state index contributed by atoms with van der Waals surface area (Å²) in [6.07, 6.45) is 7.79. The normalized spacial score (nSPS) is 20.9. The first-order chi connectivity index (χ1) is 8.50. The van der Waals surface area contributed by atoms with E-state index in [9.17, 15) is 4.79 Å². The number of hydrogen-bond donors (Lipinski definition) is 0. The van der Waals surface area contributed by atoms with Gasteiger partial charge in [-0.05, 0) is 51.6 Å². The SMILES string of the molecule is CCC(C)(C(=O)CCCC(C)C)N1CCCCC1. The van der Waals surface area contributed by atoms with Gasteiger partial charge in [0.25, 0.3) is 0 Å². The third-order valence-corrected chi connectivity index (χ3v) is 4.53. The van der Waals surface area contributed by atoms with Gasteiger partial charge >= 0.3 is 0 Å². The lowest BCUT2D eigenvalue weighted by atomic mass is 9.86. The predicted molar refractivity (Wildman–Crippen MR) is 77.8 cm³/mol. The van der Waals surface area contributed by atoms with Gasteiger partial charge in [0.15, 0.2) is 5.78 Å². The Labute approximate surface area is 113 Å². The Balaban J connectivity index is 2.53. The molecule has 1 aliphatic rings. The topological polar surface area (TPSA) is 20.3 Å². The van der Waals surface area contributed by atoms with Crippen molar-refractivity contribution in [1.82, 2.24) is 4.90 Å². The van der Waals surface area contributed by atoms with E-state index in [4.69, 9.17) is 0 Å². The molecular formula is C16H31NO. The average Bonchev–Trinajstić information content (AvgIpc) is 2.38. The van der Waals surface area contributed by atoms with E-state index in [1.807, 2.05) is 0 Å². The summed E-state index contributed by atoms with van der Waals surface area (Å²) in [5.74, 6) is 1.17. The molecule has 0 radical (unpaired) electrons. The molecule has 106 valence electrons. The van der Waals surface area contributed by atoms with E-state index >= 15 is 0 Å². The van der Waals surface area contributed by atoms with Gasteiger partial charge in [-0.2, -0.15) is 0 Å². The first-order valence-electron chi connectivity index (χ1n) is 7.79. The zero-order valence-corrected chi connectivity index (χ0v) is 12.8. The molecule has 2 heteroatoms. The van der Waals surface area contributed by atoms with E-state index in [1.54, 1.807) is 0 Å². The minimum absolute atomic E-state index is 0.197. The highest BCUT2D eigenvalue weighted by molar-refractivity contribution is 5.87. The Morgan fingerprint density at radius 1 is 1.22 bits per heavy atom. The van der Waals surface area contributed by atoms with Crippen LogP contribution in [-0.2, 0) is 4.79 Å². The second-order valence-electron chi connectivity index (χ2n) is 6.38. The summed E-state index contributed by atoms with van der Waals surface area (Å²) in [4.78, 5) is 15.0. The molecule has 1 rings (SSSR count). The first kappa shape index (κ1) is 15.7. The van der Waals surface area contributed by atoms with Gasteiger partial charge in [0.1, 0.15) is 0 Å². The Hall–Kier alpha value is -0.370. The van der Waals surface area contributed by atoms with Crippen molar-refractivity contribution in [2.24, 2.45) is 5.92 Å². The molecule has 0 spiro atoms. The minimum Gasteiger partial charge on any atom is -0.298 e. The number of rotatable bonds is 7. The summed E-state index contributed by atoms with van der Waals surface area (Å²) >= 11 is 0. The van der Waals surface area contributed by atoms with Crippen LogP contribution in [0.5, 0.6) is 0 Å². The molecule has 2 nitrogen and oxygen atoms in total. The van der Waals surface area contributed by atoms with E-state index in [2.05, 4.69) is 32.6 Å². The van der Waals surface area contributed by atoms with Crippen molar-refractivity contribution < 1.29 is 4.79 Å². The second-order valence-corrected chi connectivity index (χ2v) is 6.38. The zero-order chi connectivity index (χ0) is 13.6. The van der Waals surface area contributed by atoms with Crippen molar-refractivity contribution in [2.75, 3.05) is 13.1 Å². The Morgan fingerprint density at radius 3 is 2.33 bits per heavy atom. The molecule has 1 fully saturated rings. The standard InChI is InChI=1S/C16H31NO/c1-5-16(4,17-12-7-6-8-13-17)15(18)11-9-10-14(2)3/h14H,5-13H2,1-4H3. The third-order valence-electron chi connectivity index (χ3n) is 4.53. The molecule has 18 heavy (non-hydrogen) atoms. The van der Waals surface area contributed by atoms with Crippen molar-refractivity contribution in [2.45, 2.75) is 78.2 Å². The molecule has 1 atom stereocenters. The number of carbonyl (C=O) groups is 1. The Kier molecular flexibility index (Phi) is 6.34. The summed E-state index contributed by atoms with van der Waals surface area (Å²) in [5, 5.41) is 0. The summed E-state index contributed by atoms with van der Waals surface area (Å²) in [6.45, 7) is 11.0. The molecule has 1 unspecified atom stereocenters. The molecule has 0 saturated carbocycles. The van der Waals surface area contributed by atoms with Gasteiger partial charge in [-0.15, -0.1) is 0 Å². The largest absolute Gasteiger partial charge is 0.298 e. The van der Waals surface area contributed by atoms with E-state index in [1.165, 1.54) is 25.7 Å². The molecule has 0 aromatic heterocycles. The smallest absolute Gasteiger partial charge is 0.152 e. The lowest BCUT2D eigenvalue weighted by molar-refractivity contribution is -0.131. The molecule has 1 saturated heterocycles. The van der Waals surface area contributed by atoms with Crippen LogP contribution in [0, 0.1) is 5.92 Å². The quantitative estimate of drug-likeness (QED) is 0.682. The lowest BCUT2D eigenvalue weighted by Gasteiger charge is -2.42. The van der Waals surface area contributed by atoms with Crippen LogP contribution in [0.2, 0.25) is 0 Å². The molecule has 0 aromatic rings. The molecule has 0 N–H and O–H groups in total. The van der Waals surface area contributed by atoms with Crippen molar-refractivity contribution in [3.63, 3.8) is 0 Å². The summed E-state index contributed by atoms with van der Waals surface area (Å²) in [6, 6.07) is 0. The van der Waals surface area contributed by atoms with E-state index in [0.717, 1.165) is 32.4 Å². The van der Waals surface area contributed by atoms with Gasteiger partial charge in [-0.3, -0.25) is 9.69 Å². The number of nitrogens with zero attached hydrogens (tertiary/aromatic N) is 1. The Bertz CT molecular complexity index is 256. The van der Waals surface area contributed by atoms with Crippen molar-refractivity contribution in [3.05, 3.63) is 0 Å². The van der Waals surface area contributed by atoms with Gasteiger partial charge in [0, 0.05) is 6.42 Å². The summed E-state index contributed by atoms with van der Waals surface area (Å²) in [5.41, 5.74) is -0.197. The highest BCUT2D eigenvalue weighted by atomic mass is 16.1. The highest BCUT2D eigenvalue weighted by Crippen LogP contribution is 2.27. The van der Waals surface area contributed by atoms with E-state index in [-0.39, 0.29) is 5.54 Å². The van der Waals surface area contributed by atoms with E-state index in [0.29, 0.717) is 11.7 Å². The monoisotopic (exact) mass is 253 g/mol. The third kappa shape index (κ3) is 4.08. The minimum atomic E-state index is -0.197. The van der Waals surface area contributed by atoms with Crippen LogP contribution in [-0.4, -0.2) is 29.3 Å². The number of carbonyl (C=O) groups excluding carboxylic acids is 1. The number of hydrogen-bond acceptors (Lipinski definition) is 2. The van der Waals surface area contributed by atoms with Crippen molar-refractivity contribution >= 4 is 5.78 Å². The van der Waals surface area contributed by atoms with Crippen LogP contribution in [0.25, 0.3) is 0 Å². The second kappa shape index (κ2) is 7.28. The maximum Gasteiger partial charge on any atom is 0.152 e. The van der Waals surface area contributed by atoms with Crippen LogP contribution in [0.15, 0.2) is 0 Å². The molecular weight excluding hydrogens is 222 g/mol. The maximum atomic E-state index is 12.5. The fourth-order valence-corrected chi connectivity index (χ4v) is 2.92. The van der Waals surface area contributed by atoms with Gasteiger partial charge < -0.3 is 0 Å². The number of piperidine rings is 1. The van der Waals surface area contributed by atoms with Crippen molar-refractivity contribution in [1.29, 1.82) is 0 Å². The van der Waals surface area contributed by atoms with Crippen LogP contribution >= 0.6 is 0 Å². The number of ketones is 1. The highest BCUT2D eigenvalue weighted by Gasteiger charge is 2.37. The molecule has 0 aromatic carbocycles. The van der Waals surface area contributed by atoms with Crippen LogP contribution in [0.3, 0.4) is 0 Å². The lowest BCUT2D eigenvalue weighted by Crippen LogP contribution is -2.53. The molecule has 1 heterocycles. The van der Waals surface area contributed by atoms with Gasteiger partial charge in [-0.25, -0.2) is 0 Å². The molecule has 0 aliphatic carbocycles. The fraction of sp³-hybridized carbons (Fsp3) is 0.938. The summed E-state index contributed by atoms with van der Waals surface area (Å²) < 4.78 is 0. The van der Waals surface area contributed by atoms with Crippen LogP contribution < -0.4 is 0 Å². The number of Topliss-reactive ketones (excluding diaryl/α,β-unsaturated/α-hetero) is 1. The van der Waals surface area contributed by atoms with Crippen molar-refractivity contribution in [3.8, 4) is 0 Å². The van der Waals surface area contributed by atoms with Gasteiger partial charge in [0.2, 0.25) is 0 Å². The average molecular weight is 253 g/mol. The number of likely N-dealkylation sites (tertiary alicyclic amines) is 1. The van der Waals surface area contributed by atoms with E-state index < -0.39 is 0 Å². The summed E-state index contributed by atoms with van der Waals surface area (Å²) in [7, 11) is 0. The van der Waals surface area contributed by atoms with Gasteiger partial charge in [-0.1, -0.05) is 33.6 Å². The van der Waals surface area contributed by atoms with Gasteiger partial charge in [0.05, 0.1) is 5.54 Å². The maximum absolute atomic E-state index is 12.5. The Morgan fingerprint density at radius 2 is 1.83 bits per heavy atom. The predicted octanol–water partition coefficient (Wildman–Crippen LogP) is 4.04. The molecule has 1 aliphatic heterocycles. The molecule has 0 amide bonds. The zero-order valence-electron chi connectivity index (χ0n) is 12.8. The van der Waals surface area contributed by atoms with Crippen LogP contribution in [0.4, 0.5) is 0 Å². The first-order valence-corrected chi connectivity index (χ1v) is 7.79. The van der Waals surface area contributed by atoms with Crippen LogP contribution in [0.1, 0.15) is 72.6 Å².